The first-order valence-electron chi connectivity index (χ1n) is 8.55. The second kappa shape index (κ2) is 7.60. The molecule has 0 aromatic heterocycles. The largest absolute Gasteiger partial charge is 0.390 e. The second-order valence-electron chi connectivity index (χ2n) is 6.49. The van der Waals surface area contributed by atoms with Crippen LogP contribution in [0.15, 0.2) is 42.1 Å². The lowest BCUT2D eigenvalue weighted by Gasteiger charge is -2.26. The minimum Gasteiger partial charge on any atom is -0.390 e. The standard InChI is InChI=1S/C19H23FN2O2/c1-2-10-22(19(23)14-6-3-4-7-14)13-17-12-18(21-24-17)15-8-5-9-16(20)11-15/h2,5,8-9,11,14,17H,1,3-4,6-7,10,12-13H2/t17-/m1/s1. The van der Waals surface area contributed by atoms with Gasteiger partial charge in [-0.3, -0.25) is 4.79 Å². The van der Waals surface area contributed by atoms with Gasteiger partial charge in [0.05, 0.1) is 12.3 Å². The number of benzene rings is 1. The molecule has 0 saturated heterocycles. The Balaban J connectivity index is 1.60. The number of rotatable bonds is 6. The van der Waals surface area contributed by atoms with Crippen LogP contribution in [0.4, 0.5) is 4.39 Å². The number of nitrogens with zero attached hydrogens (tertiary/aromatic N) is 2. The van der Waals surface area contributed by atoms with E-state index in [2.05, 4.69) is 11.7 Å². The van der Waals surface area contributed by atoms with Crippen molar-refractivity contribution < 1.29 is 14.0 Å². The van der Waals surface area contributed by atoms with Gasteiger partial charge in [-0.25, -0.2) is 4.39 Å². The summed E-state index contributed by atoms with van der Waals surface area (Å²) in [6.07, 6.45) is 6.35. The Bertz CT molecular complexity index is 638. The van der Waals surface area contributed by atoms with Gasteiger partial charge >= 0.3 is 0 Å². The van der Waals surface area contributed by atoms with Crippen LogP contribution in [0.1, 0.15) is 37.7 Å². The Hall–Kier alpha value is -2.17. The van der Waals surface area contributed by atoms with Crippen molar-refractivity contribution in [3.05, 3.63) is 48.3 Å². The number of hydrogen-bond donors (Lipinski definition) is 0. The molecule has 24 heavy (non-hydrogen) atoms. The molecule has 0 unspecified atom stereocenters. The molecule has 5 heteroatoms. The van der Waals surface area contributed by atoms with E-state index in [-0.39, 0.29) is 23.7 Å². The summed E-state index contributed by atoms with van der Waals surface area (Å²) in [4.78, 5) is 20.0. The van der Waals surface area contributed by atoms with Crippen molar-refractivity contribution in [3.8, 4) is 0 Å². The average molecular weight is 330 g/mol. The molecule has 1 aromatic carbocycles. The molecule has 0 bridgehead atoms. The Morgan fingerprint density at radius 1 is 1.42 bits per heavy atom. The molecular formula is C19H23FN2O2. The summed E-state index contributed by atoms with van der Waals surface area (Å²) in [5, 5.41) is 4.08. The van der Waals surface area contributed by atoms with E-state index in [9.17, 15) is 9.18 Å². The molecule has 1 heterocycles. The maximum absolute atomic E-state index is 13.3. The molecule has 0 radical (unpaired) electrons. The van der Waals surface area contributed by atoms with Gasteiger partial charge in [0.15, 0.2) is 6.10 Å². The fourth-order valence-electron chi connectivity index (χ4n) is 3.45. The van der Waals surface area contributed by atoms with Gasteiger partial charge in [0.1, 0.15) is 5.82 Å². The van der Waals surface area contributed by atoms with Crippen LogP contribution < -0.4 is 0 Å². The molecule has 1 aliphatic heterocycles. The number of carbonyl (C=O) groups excluding carboxylic acids is 1. The molecule has 128 valence electrons. The van der Waals surface area contributed by atoms with Crippen molar-refractivity contribution in [1.29, 1.82) is 0 Å². The third kappa shape index (κ3) is 3.83. The molecule has 0 spiro atoms. The van der Waals surface area contributed by atoms with Crippen molar-refractivity contribution in [2.45, 2.75) is 38.2 Å². The summed E-state index contributed by atoms with van der Waals surface area (Å²) in [5.74, 6) is 0.0357. The van der Waals surface area contributed by atoms with Crippen molar-refractivity contribution in [3.63, 3.8) is 0 Å². The van der Waals surface area contributed by atoms with E-state index >= 15 is 0 Å². The van der Waals surface area contributed by atoms with Gasteiger partial charge in [-0.05, 0) is 25.0 Å². The van der Waals surface area contributed by atoms with Crippen LogP contribution in [0.2, 0.25) is 0 Å². The van der Waals surface area contributed by atoms with E-state index in [1.165, 1.54) is 12.1 Å². The molecule has 1 aromatic rings. The molecule has 1 atom stereocenters. The Kier molecular flexibility index (Phi) is 5.28. The minimum atomic E-state index is -0.289. The first-order chi connectivity index (χ1) is 11.7. The van der Waals surface area contributed by atoms with E-state index in [1.54, 1.807) is 12.1 Å². The van der Waals surface area contributed by atoms with Gasteiger partial charge < -0.3 is 9.74 Å². The summed E-state index contributed by atoms with van der Waals surface area (Å²) in [6.45, 7) is 4.76. The monoisotopic (exact) mass is 330 g/mol. The summed E-state index contributed by atoms with van der Waals surface area (Å²) >= 11 is 0. The lowest BCUT2D eigenvalue weighted by atomic mass is 10.0. The average Bonchev–Trinajstić information content (AvgIpc) is 3.26. The fourth-order valence-corrected chi connectivity index (χ4v) is 3.45. The zero-order valence-electron chi connectivity index (χ0n) is 13.8. The normalized spacial score (nSPS) is 20.5. The lowest BCUT2D eigenvalue weighted by molar-refractivity contribution is -0.136. The van der Waals surface area contributed by atoms with Gasteiger partial charge in [-0.15, -0.1) is 6.58 Å². The summed E-state index contributed by atoms with van der Waals surface area (Å²) < 4.78 is 13.3. The predicted octanol–water partition coefficient (Wildman–Crippen LogP) is 3.52. The molecule has 1 amide bonds. The smallest absolute Gasteiger partial charge is 0.226 e. The molecule has 1 aliphatic carbocycles. The highest BCUT2D eigenvalue weighted by molar-refractivity contribution is 6.01. The zero-order valence-corrected chi connectivity index (χ0v) is 13.8. The number of halogens is 1. The van der Waals surface area contributed by atoms with Gasteiger partial charge in [-0.2, -0.15) is 0 Å². The quantitative estimate of drug-likeness (QED) is 0.749. The van der Waals surface area contributed by atoms with E-state index in [0.29, 0.717) is 19.5 Å². The maximum atomic E-state index is 13.3. The van der Waals surface area contributed by atoms with Crippen LogP contribution in [-0.2, 0) is 9.63 Å². The molecule has 1 fully saturated rings. The Morgan fingerprint density at radius 2 is 2.21 bits per heavy atom. The Morgan fingerprint density at radius 3 is 2.92 bits per heavy atom. The van der Waals surface area contributed by atoms with Crippen molar-refractivity contribution >= 4 is 11.6 Å². The highest BCUT2D eigenvalue weighted by atomic mass is 19.1. The summed E-state index contributed by atoms with van der Waals surface area (Å²) in [5.41, 5.74) is 1.46. The molecular weight excluding hydrogens is 307 g/mol. The van der Waals surface area contributed by atoms with E-state index in [0.717, 1.165) is 37.0 Å². The predicted molar refractivity (Wildman–Crippen MR) is 91.2 cm³/mol. The molecule has 2 aliphatic rings. The Labute approximate surface area is 142 Å². The van der Waals surface area contributed by atoms with Crippen LogP contribution in [0.5, 0.6) is 0 Å². The van der Waals surface area contributed by atoms with Gasteiger partial charge in [0.2, 0.25) is 5.91 Å². The fraction of sp³-hybridized carbons (Fsp3) is 0.474. The van der Waals surface area contributed by atoms with E-state index < -0.39 is 0 Å². The SMILES string of the molecule is C=CCN(C[C@H]1CC(c2cccc(F)c2)=NO1)C(=O)C1CCCC1. The zero-order chi connectivity index (χ0) is 16.9. The van der Waals surface area contributed by atoms with Crippen LogP contribution in [0.3, 0.4) is 0 Å². The highest BCUT2D eigenvalue weighted by Gasteiger charge is 2.31. The number of amides is 1. The second-order valence-corrected chi connectivity index (χ2v) is 6.49. The number of hydrogen-bond acceptors (Lipinski definition) is 3. The topological polar surface area (TPSA) is 41.9 Å². The van der Waals surface area contributed by atoms with Gasteiger partial charge in [0.25, 0.3) is 0 Å². The summed E-state index contributed by atoms with van der Waals surface area (Å²) in [7, 11) is 0. The third-order valence-corrected chi connectivity index (χ3v) is 4.68. The first-order valence-corrected chi connectivity index (χ1v) is 8.55. The van der Waals surface area contributed by atoms with Crippen LogP contribution in [0, 0.1) is 11.7 Å². The van der Waals surface area contributed by atoms with Gasteiger partial charge in [0, 0.05) is 24.4 Å². The van der Waals surface area contributed by atoms with Crippen molar-refractivity contribution in [2.24, 2.45) is 11.1 Å². The lowest BCUT2D eigenvalue weighted by Crippen LogP contribution is -2.40. The molecule has 4 nitrogen and oxygen atoms in total. The van der Waals surface area contributed by atoms with Crippen LogP contribution >= 0.6 is 0 Å². The molecule has 3 rings (SSSR count). The minimum absolute atomic E-state index is 0.134. The summed E-state index contributed by atoms with van der Waals surface area (Å²) in [6, 6.07) is 6.34. The number of oxime groups is 1. The number of carbonyl (C=O) groups is 1. The van der Waals surface area contributed by atoms with Gasteiger partial charge in [-0.1, -0.05) is 36.2 Å². The van der Waals surface area contributed by atoms with Crippen molar-refractivity contribution in [1.82, 2.24) is 4.90 Å². The molecule has 0 N–H and O–H groups in total. The van der Waals surface area contributed by atoms with Crippen LogP contribution in [-0.4, -0.2) is 35.7 Å². The maximum Gasteiger partial charge on any atom is 0.226 e. The first kappa shape index (κ1) is 16.7. The van der Waals surface area contributed by atoms with E-state index in [1.807, 2.05) is 11.0 Å². The van der Waals surface area contributed by atoms with E-state index in [4.69, 9.17) is 4.84 Å². The third-order valence-electron chi connectivity index (χ3n) is 4.68. The highest BCUT2D eigenvalue weighted by Crippen LogP contribution is 2.27. The van der Waals surface area contributed by atoms with Crippen molar-refractivity contribution in [2.75, 3.05) is 13.1 Å². The van der Waals surface area contributed by atoms with Crippen LogP contribution in [0.25, 0.3) is 0 Å². The molecule has 1 saturated carbocycles.